The quantitative estimate of drug-likeness (QED) is 0.668. The van der Waals surface area contributed by atoms with Gasteiger partial charge >= 0.3 is 5.97 Å². The molecule has 6 heteroatoms. The van der Waals surface area contributed by atoms with E-state index in [0.717, 1.165) is 5.56 Å². The Kier molecular flexibility index (Phi) is 5.31. The average molecular weight is 311 g/mol. The summed E-state index contributed by atoms with van der Waals surface area (Å²) in [5.41, 5.74) is 0.378. The van der Waals surface area contributed by atoms with E-state index in [4.69, 9.17) is 4.74 Å². The van der Waals surface area contributed by atoms with E-state index in [1.54, 1.807) is 32.9 Å². The third-order valence-corrected chi connectivity index (χ3v) is 3.91. The number of benzene rings is 1. The van der Waals surface area contributed by atoms with E-state index < -0.39 is 21.6 Å². The Morgan fingerprint density at radius 1 is 1.24 bits per heavy atom. The smallest absolute Gasteiger partial charge is 0.335 e. The first-order chi connectivity index (χ1) is 9.51. The van der Waals surface area contributed by atoms with E-state index >= 15 is 0 Å². The van der Waals surface area contributed by atoms with E-state index in [0.29, 0.717) is 0 Å². The van der Waals surface area contributed by atoms with Gasteiger partial charge in [-0.3, -0.25) is 0 Å². The van der Waals surface area contributed by atoms with Crippen molar-refractivity contribution in [2.24, 2.45) is 0 Å². The van der Waals surface area contributed by atoms with Crippen molar-refractivity contribution in [3.8, 4) is 0 Å². The summed E-state index contributed by atoms with van der Waals surface area (Å²) < 4.78 is 31.5. The fourth-order valence-corrected chi connectivity index (χ4v) is 2.43. The Morgan fingerprint density at radius 2 is 1.76 bits per heavy atom. The number of rotatable bonds is 5. The van der Waals surface area contributed by atoms with Crippen molar-refractivity contribution in [2.75, 3.05) is 6.54 Å². The minimum Gasteiger partial charge on any atom is -0.457 e. The second-order valence-electron chi connectivity index (χ2n) is 5.74. The first kappa shape index (κ1) is 17.4. The average Bonchev–Trinajstić information content (AvgIpc) is 2.34. The van der Waals surface area contributed by atoms with E-state index in [1.807, 2.05) is 6.92 Å². The van der Waals surface area contributed by atoms with Gasteiger partial charge in [0.05, 0.1) is 4.90 Å². The number of sulfonamides is 1. The van der Waals surface area contributed by atoms with Crippen LogP contribution in [0.5, 0.6) is 0 Å². The van der Waals surface area contributed by atoms with Gasteiger partial charge in [-0.25, -0.2) is 17.9 Å². The van der Waals surface area contributed by atoms with Crippen LogP contribution in [0.1, 0.15) is 26.3 Å². The van der Waals surface area contributed by atoms with E-state index in [-0.39, 0.29) is 17.0 Å². The molecule has 5 nitrogen and oxygen atoms in total. The summed E-state index contributed by atoms with van der Waals surface area (Å²) in [5, 5.41) is 0. The van der Waals surface area contributed by atoms with Crippen LogP contribution in [0.3, 0.4) is 0 Å². The van der Waals surface area contributed by atoms with Gasteiger partial charge in [-0.05, 0) is 39.8 Å². The van der Waals surface area contributed by atoms with Crippen molar-refractivity contribution < 1.29 is 17.9 Å². The molecular formula is C15H21NO4S. The first-order valence-electron chi connectivity index (χ1n) is 6.49. The van der Waals surface area contributed by atoms with Gasteiger partial charge in [0.15, 0.2) is 0 Å². The third kappa shape index (κ3) is 5.69. The van der Waals surface area contributed by atoms with E-state index in [1.165, 1.54) is 12.1 Å². The van der Waals surface area contributed by atoms with Gasteiger partial charge in [0.25, 0.3) is 0 Å². The highest BCUT2D eigenvalue weighted by molar-refractivity contribution is 7.89. The van der Waals surface area contributed by atoms with Gasteiger partial charge in [0, 0.05) is 12.1 Å². The fourth-order valence-electron chi connectivity index (χ4n) is 1.41. The highest BCUT2D eigenvalue weighted by atomic mass is 32.2. The molecule has 0 atom stereocenters. The number of esters is 1. The predicted octanol–water partition coefficient (Wildman–Crippen LogP) is 2.17. The zero-order valence-electron chi connectivity index (χ0n) is 12.8. The molecule has 1 N–H and O–H groups in total. The Morgan fingerprint density at radius 3 is 2.24 bits per heavy atom. The maximum atomic E-state index is 12.1. The SMILES string of the molecule is C=C(CNS(=O)(=O)c1ccc(C)cc1)C(=O)OC(C)(C)C. The maximum absolute atomic E-state index is 12.1. The molecule has 0 amide bonds. The minimum absolute atomic E-state index is 0.0561. The molecule has 1 aromatic carbocycles. The summed E-state index contributed by atoms with van der Waals surface area (Å²) >= 11 is 0. The number of aryl methyl sites for hydroxylation is 1. The Labute approximate surface area is 126 Å². The van der Waals surface area contributed by atoms with E-state index in [2.05, 4.69) is 11.3 Å². The van der Waals surface area contributed by atoms with Crippen molar-refractivity contribution in [1.82, 2.24) is 4.72 Å². The minimum atomic E-state index is -3.67. The Balaban J connectivity index is 2.68. The second-order valence-corrected chi connectivity index (χ2v) is 7.51. The lowest BCUT2D eigenvalue weighted by Crippen LogP contribution is -2.31. The number of nitrogens with one attached hydrogen (secondary N) is 1. The van der Waals surface area contributed by atoms with Gasteiger partial charge in [-0.1, -0.05) is 24.3 Å². The van der Waals surface area contributed by atoms with Gasteiger partial charge < -0.3 is 4.74 Å². The molecule has 0 aliphatic heterocycles. The summed E-state index contributed by atoms with van der Waals surface area (Å²) in [7, 11) is -3.67. The Hall–Kier alpha value is -1.66. The summed E-state index contributed by atoms with van der Waals surface area (Å²) in [6, 6.07) is 6.43. The van der Waals surface area contributed by atoms with Crippen LogP contribution < -0.4 is 4.72 Å². The zero-order chi connectivity index (χ0) is 16.3. The van der Waals surface area contributed by atoms with Crippen LogP contribution in [-0.4, -0.2) is 26.5 Å². The van der Waals surface area contributed by atoms with Gasteiger partial charge in [0.1, 0.15) is 5.60 Å². The molecule has 0 fully saturated rings. The molecule has 0 radical (unpaired) electrons. The maximum Gasteiger partial charge on any atom is 0.335 e. The van der Waals surface area contributed by atoms with Gasteiger partial charge in [0.2, 0.25) is 10.0 Å². The van der Waals surface area contributed by atoms with Crippen molar-refractivity contribution in [3.63, 3.8) is 0 Å². The normalized spacial score (nSPS) is 12.0. The molecule has 0 saturated carbocycles. The molecule has 0 spiro atoms. The highest BCUT2D eigenvalue weighted by Gasteiger charge is 2.20. The molecule has 0 unspecified atom stereocenters. The molecule has 1 rings (SSSR count). The molecule has 0 aliphatic rings. The molecule has 116 valence electrons. The molecule has 21 heavy (non-hydrogen) atoms. The van der Waals surface area contributed by atoms with Crippen molar-refractivity contribution in [2.45, 2.75) is 38.2 Å². The summed E-state index contributed by atoms with van der Waals surface area (Å²) in [4.78, 5) is 11.8. The summed E-state index contributed by atoms with van der Waals surface area (Å²) in [6.07, 6.45) is 0. The van der Waals surface area contributed by atoms with Crippen LogP contribution in [-0.2, 0) is 19.6 Å². The fraction of sp³-hybridized carbons (Fsp3) is 0.400. The lowest BCUT2D eigenvalue weighted by atomic mass is 10.2. The highest BCUT2D eigenvalue weighted by Crippen LogP contribution is 2.12. The molecule has 0 aromatic heterocycles. The number of carbonyl (C=O) groups is 1. The van der Waals surface area contributed by atoms with Crippen molar-refractivity contribution in [1.29, 1.82) is 0 Å². The number of hydrogen-bond donors (Lipinski definition) is 1. The van der Waals surface area contributed by atoms with Crippen molar-refractivity contribution in [3.05, 3.63) is 42.0 Å². The summed E-state index contributed by atoms with van der Waals surface area (Å²) in [6.45, 7) is 10.4. The van der Waals surface area contributed by atoms with Crippen molar-refractivity contribution >= 4 is 16.0 Å². The molecule has 0 bridgehead atoms. The van der Waals surface area contributed by atoms with Crippen LogP contribution in [0.4, 0.5) is 0 Å². The largest absolute Gasteiger partial charge is 0.457 e. The predicted molar refractivity (Wildman–Crippen MR) is 81.4 cm³/mol. The summed E-state index contributed by atoms with van der Waals surface area (Å²) in [5.74, 6) is -0.617. The zero-order valence-corrected chi connectivity index (χ0v) is 13.6. The molecular weight excluding hydrogens is 290 g/mol. The molecule has 0 heterocycles. The number of ether oxygens (including phenoxy) is 1. The number of hydrogen-bond acceptors (Lipinski definition) is 4. The van der Waals surface area contributed by atoms with Crippen LogP contribution in [0.15, 0.2) is 41.3 Å². The van der Waals surface area contributed by atoms with Gasteiger partial charge in [-0.15, -0.1) is 0 Å². The monoisotopic (exact) mass is 311 g/mol. The molecule has 0 aliphatic carbocycles. The van der Waals surface area contributed by atoms with Crippen LogP contribution in [0.25, 0.3) is 0 Å². The number of carbonyl (C=O) groups excluding carboxylic acids is 1. The van der Waals surface area contributed by atoms with Crippen LogP contribution in [0, 0.1) is 6.92 Å². The van der Waals surface area contributed by atoms with Crippen LogP contribution >= 0.6 is 0 Å². The molecule has 0 saturated heterocycles. The first-order valence-corrected chi connectivity index (χ1v) is 7.97. The lowest BCUT2D eigenvalue weighted by molar-refractivity contribution is -0.149. The Bertz CT molecular complexity index is 625. The third-order valence-electron chi connectivity index (χ3n) is 2.49. The second kappa shape index (κ2) is 6.41. The van der Waals surface area contributed by atoms with Gasteiger partial charge in [-0.2, -0.15) is 0 Å². The molecule has 1 aromatic rings. The lowest BCUT2D eigenvalue weighted by Gasteiger charge is -2.20. The van der Waals surface area contributed by atoms with Crippen LogP contribution in [0.2, 0.25) is 0 Å². The topological polar surface area (TPSA) is 72.5 Å². The standard InChI is InChI=1S/C15H21NO4S/c1-11-6-8-13(9-7-11)21(18,19)16-10-12(2)14(17)20-15(3,4)5/h6-9,16H,2,10H2,1,3-5H3. The van der Waals surface area contributed by atoms with E-state index in [9.17, 15) is 13.2 Å².